The molecule has 2 aromatic carbocycles. The molecule has 0 aliphatic heterocycles. The van der Waals surface area contributed by atoms with Gasteiger partial charge in [-0.15, -0.1) is 0 Å². The highest BCUT2D eigenvalue weighted by molar-refractivity contribution is 6.31. The summed E-state index contributed by atoms with van der Waals surface area (Å²) in [5.41, 5.74) is 0.888. The van der Waals surface area contributed by atoms with Gasteiger partial charge in [-0.3, -0.25) is 9.59 Å². The van der Waals surface area contributed by atoms with Gasteiger partial charge in [0.1, 0.15) is 11.9 Å². The van der Waals surface area contributed by atoms with Gasteiger partial charge >= 0.3 is 0 Å². The zero-order valence-corrected chi connectivity index (χ0v) is 18.2. The molecule has 4 nitrogen and oxygen atoms in total. The Bertz CT molecular complexity index is 853. The van der Waals surface area contributed by atoms with Crippen LogP contribution in [0, 0.1) is 11.7 Å². The maximum atomic E-state index is 14.2. The molecule has 29 heavy (non-hydrogen) atoms. The van der Waals surface area contributed by atoms with Crippen LogP contribution in [0.15, 0.2) is 42.5 Å². The van der Waals surface area contributed by atoms with Crippen LogP contribution in [-0.4, -0.2) is 29.3 Å². The number of rotatable bonds is 8. The summed E-state index contributed by atoms with van der Waals surface area (Å²) in [6.45, 7) is 6.30. The average Bonchev–Trinajstić information content (AvgIpc) is 2.66. The van der Waals surface area contributed by atoms with Crippen molar-refractivity contribution in [1.29, 1.82) is 0 Å². The predicted octanol–water partition coefficient (Wildman–Crippen LogP) is 4.86. The Labute approximate surface area is 181 Å². The minimum absolute atomic E-state index is 0.116. The second-order valence-corrected chi connectivity index (χ2v) is 8.19. The molecule has 0 aliphatic rings. The van der Waals surface area contributed by atoms with Crippen LogP contribution in [0.1, 0.15) is 31.9 Å². The van der Waals surface area contributed by atoms with Gasteiger partial charge in [0.15, 0.2) is 0 Å². The fourth-order valence-electron chi connectivity index (χ4n) is 2.82. The van der Waals surface area contributed by atoms with E-state index in [4.69, 9.17) is 23.2 Å². The topological polar surface area (TPSA) is 49.4 Å². The Morgan fingerprint density at radius 3 is 2.41 bits per heavy atom. The molecule has 2 rings (SSSR count). The molecule has 156 valence electrons. The Hall–Kier alpha value is -2.11. The van der Waals surface area contributed by atoms with Gasteiger partial charge in [0.2, 0.25) is 11.8 Å². The highest BCUT2D eigenvalue weighted by Gasteiger charge is 2.27. The summed E-state index contributed by atoms with van der Waals surface area (Å²) in [6, 6.07) is 10.6. The van der Waals surface area contributed by atoms with Gasteiger partial charge in [0.05, 0.1) is 6.42 Å². The van der Waals surface area contributed by atoms with Gasteiger partial charge in [0.25, 0.3) is 0 Å². The molecule has 1 atom stereocenters. The molecule has 0 radical (unpaired) electrons. The second-order valence-electron chi connectivity index (χ2n) is 7.34. The number of carbonyl (C=O) groups is 2. The molecule has 7 heteroatoms. The van der Waals surface area contributed by atoms with Crippen LogP contribution >= 0.6 is 23.2 Å². The van der Waals surface area contributed by atoms with Gasteiger partial charge in [-0.25, -0.2) is 4.39 Å². The lowest BCUT2D eigenvalue weighted by Gasteiger charge is -2.29. The number of nitrogens with zero attached hydrogens (tertiary/aromatic N) is 1. The average molecular weight is 439 g/mol. The summed E-state index contributed by atoms with van der Waals surface area (Å²) in [7, 11) is 0. The van der Waals surface area contributed by atoms with E-state index < -0.39 is 17.8 Å². The maximum Gasteiger partial charge on any atom is 0.242 e. The Kier molecular flexibility index (Phi) is 8.47. The molecule has 2 aromatic rings. The van der Waals surface area contributed by atoms with Gasteiger partial charge in [-0.05, 0) is 42.7 Å². The molecular weight excluding hydrogens is 414 g/mol. The monoisotopic (exact) mass is 438 g/mol. The largest absolute Gasteiger partial charge is 0.354 e. The Balaban J connectivity index is 2.27. The summed E-state index contributed by atoms with van der Waals surface area (Å²) >= 11 is 12.1. The van der Waals surface area contributed by atoms with E-state index in [1.54, 1.807) is 25.1 Å². The number of benzene rings is 2. The molecule has 0 saturated carbocycles. The van der Waals surface area contributed by atoms with E-state index in [0.717, 1.165) is 5.56 Å². The molecule has 0 saturated heterocycles. The predicted molar refractivity (Wildman–Crippen MR) is 114 cm³/mol. The van der Waals surface area contributed by atoms with Crippen molar-refractivity contribution < 1.29 is 14.0 Å². The van der Waals surface area contributed by atoms with E-state index in [9.17, 15) is 14.0 Å². The van der Waals surface area contributed by atoms with Crippen LogP contribution in [-0.2, 0) is 22.6 Å². The molecule has 0 heterocycles. The molecule has 1 N–H and O–H groups in total. The normalized spacial score (nSPS) is 12.0. The summed E-state index contributed by atoms with van der Waals surface area (Å²) in [4.78, 5) is 27.1. The molecule has 0 aliphatic carbocycles. The fourth-order valence-corrected chi connectivity index (χ4v) is 3.26. The van der Waals surface area contributed by atoms with Gasteiger partial charge < -0.3 is 10.2 Å². The number of amides is 2. The van der Waals surface area contributed by atoms with Gasteiger partial charge in [0, 0.05) is 28.7 Å². The summed E-state index contributed by atoms with van der Waals surface area (Å²) in [6.07, 6.45) is -0.242. The number of hydrogen-bond donors (Lipinski definition) is 1. The van der Waals surface area contributed by atoms with E-state index >= 15 is 0 Å². The van der Waals surface area contributed by atoms with Crippen molar-refractivity contribution in [3.05, 3.63) is 69.5 Å². The van der Waals surface area contributed by atoms with E-state index in [-0.39, 0.29) is 35.4 Å². The summed E-state index contributed by atoms with van der Waals surface area (Å²) in [5.74, 6) is -0.941. The first-order chi connectivity index (χ1) is 13.7. The van der Waals surface area contributed by atoms with E-state index in [1.807, 2.05) is 19.9 Å². The van der Waals surface area contributed by atoms with Crippen molar-refractivity contribution >= 4 is 35.0 Å². The van der Waals surface area contributed by atoms with Crippen molar-refractivity contribution in [2.75, 3.05) is 6.54 Å². The number of halogens is 3. The standard InChI is InChI=1S/C22H25Cl2FN2O2/c1-14(2)12-26-22(29)15(3)27(13-16-6-4-7-17(23)10-16)21(28)11-18-19(24)8-5-9-20(18)25/h4-10,14-15H,11-13H2,1-3H3,(H,26,29)/t15-/m0/s1. The van der Waals surface area contributed by atoms with Crippen molar-refractivity contribution in [2.45, 2.75) is 39.8 Å². The van der Waals surface area contributed by atoms with Crippen molar-refractivity contribution in [3.63, 3.8) is 0 Å². The van der Waals surface area contributed by atoms with Crippen molar-refractivity contribution in [1.82, 2.24) is 10.2 Å². The van der Waals surface area contributed by atoms with Crippen molar-refractivity contribution in [2.24, 2.45) is 5.92 Å². The van der Waals surface area contributed by atoms with Crippen LogP contribution in [0.4, 0.5) is 4.39 Å². The first-order valence-electron chi connectivity index (χ1n) is 9.43. The Morgan fingerprint density at radius 1 is 1.10 bits per heavy atom. The van der Waals surface area contributed by atoms with Crippen LogP contribution < -0.4 is 5.32 Å². The molecular formula is C22H25Cl2FN2O2. The van der Waals surface area contributed by atoms with E-state index in [2.05, 4.69) is 5.32 Å². The highest BCUT2D eigenvalue weighted by atomic mass is 35.5. The third-order valence-electron chi connectivity index (χ3n) is 4.48. The van der Waals surface area contributed by atoms with Crippen LogP contribution in [0.25, 0.3) is 0 Å². The number of nitrogens with one attached hydrogen (secondary N) is 1. The van der Waals surface area contributed by atoms with Crippen LogP contribution in [0.5, 0.6) is 0 Å². The third-order valence-corrected chi connectivity index (χ3v) is 5.07. The first kappa shape index (κ1) is 23.2. The van der Waals surface area contributed by atoms with Gasteiger partial charge in [-0.2, -0.15) is 0 Å². The summed E-state index contributed by atoms with van der Waals surface area (Å²) in [5, 5.41) is 3.55. The Morgan fingerprint density at radius 2 is 1.79 bits per heavy atom. The quantitative estimate of drug-likeness (QED) is 0.639. The lowest BCUT2D eigenvalue weighted by Crippen LogP contribution is -2.48. The van der Waals surface area contributed by atoms with Crippen LogP contribution in [0.3, 0.4) is 0 Å². The minimum atomic E-state index is -0.745. The fraction of sp³-hybridized carbons (Fsp3) is 0.364. The minimum Gasteiger partial charge on any atom is -0.354 e. The number of hydrogen-bond acceptors (Lipinski definition) is 2. The van der Waals surface area contributed by atoms with E-state index in [1.165, 1.54) is 23.1 Å². The van der Waals surface area contributed by atoms with Crippen LogP contribution in [0.2, 0.25) is 10.0 Å². The highest BCUT2D eigenvalue weighted by Crippen LogP contribution is 2.22. The first-order valence-corrected chi connectivity index (χ1v) is 10.2. The lowest BCUT2D eigenvalue weighted by molar-refractivity contribution is -0.140. The molecule has 0 aromatic heterocycles. The zero-order valence-electron chi connectivity index (χ0n) is 16.7. The second kappa shape index (κ2) is 10.6. The maximum absolute atomic E-state index is 14.2. The molecule has 0 bridgehead atoms. The smallest absolute Gasteiger partial charge is 0.242 e. The molecule has 0 unspecified atom stereocenters. The number of carbonyl (C=O) groups excluding carboxylic acids is 2. The van der Waals surface area contributed by atoms with Crippen molar-refractivity contribution in [3.8, 4) is 0 Å². The van der Waals surface area contributed by atoms with E-state index in [0.29, 0.717) is 11.6 Å². The summed E-state index contributed by atoms with van der Waals surface area (Å²) < 4.78 is 14.2. The van der Waals surface area contributed by atoms with Gasteiger partial charge in [-0.1, -0.05) is 55.2 Å². The SMILES string of the molecule is CC(C)CNC(=O)[C@H](C)N(Cc1cccc(Cl)c1)C(=O)Cc1c(F)cccc1Cl. The lowest BCUT2D eigenvalue weighted by atomic mass is 10.1. The molecule has 0 fully saturated rings. The molecule has 0 spiro atoms. The molecule has 2 amide bonds. The third kappa shape index (κ3) is 6.72. The zero-order chi connectivity index (χ0) is 21.6.